The van der Waals surface area contributed by atoms with Crippen molar-refractivity contribution >= 4 is 23.4 Å². The first-order chi connectivity index (χ1) is 16.1. The van der Waals surface area contributed by atoms with Crippen LogP contribution in [0.25, 0.3) is 11.1 Å². The summed E-state index contributed by atoms with van der Waals surface area (Å²) in [6.07, 6.45) is -0.515. The van der Waals surface area contributed by atoms with Crippen LogP contribution >= 0.6 is 11.8 Å². The Balaban J connectivity index is 1.20. The average Bonchev–Trinajstić information content (AvgIpc) is 2.84. The van der Waals surface area contributed by atoms with Crippen LogP contribution < -0.4 is 4.90 Å². The fraction of sp³-hybridized carbons (Fsp3) is 0.296. The van der Waals surface area contributed by atoms with Gasteiger partial charge in [0.05, 0.1) is 31.3 Å². The minimum Gasteiger partial charge on any atom is -0.390 e. The SMILES string of the molecule is O=C1CC(c2ccc(-c3ccc(SCC4CC(O)[C@H](O)CO4)cc3)cc2)N1c1ccccc1. The lowest BCUT2D eigenvalue weighted by Gasteiger charge is -2.40. The third-order valence-corrected chi connectivity index (χ3v) is 7.50. The highest BCUT2D eigenvalue weighted by molar-refractivity contribution is 7.99. The van der Waals surface area contributed by atoms with Gasteiger partial charge in [-0.1, -0.05) is 54.6 Å². The molecule has 2 heterocycles. The Morgan fingerprint density at radius 3 is 2.18 bits per heavy atom. The second-order valence-electron chi connectivity index (χ2n) is 8.60. The molecule has 0 aliphatic carbocycles. The molecule has 3 unspecified atom stereocenters. The van der Waals surface area contributed by atoms with Crippen molar-refractivity contribution in [1.82, 2.24) is 0 Å². The van der Waals surface area contributed by atoms with Gasteiger partial charge in [0.15, 0.2) is 0 Å². The molecule has 0 spiro atoms. The van der Waals surface area contributed by atoms with Gasteiger partial charge in [0.1, 0.15) is 6.10 Å². The van der Waals surface area contributed by atoms with Crippen LogP contribution in [-0.4, -0.2) is 46.8 Å². The molecule has 1 amide bonds. The molecule has 6 heteroatoms. The van der Waals surface area contributed by atoms with Crippen LogP contribution in [0.4, 0.5) is 5.69 Å². The van der Waals surface area contributed by atoms with E-state index >= 15 is 0 Å². The first-order valence-electron chi connectivity index (χ1n) is 11.3. The minimum atomic E-state index is -0.775. The van der Waals surface area contributed by atoms with Gasteiger partial charge in [-0.15, -0.1) is 11.8 Å². The van der Waals surface area contributed by atoms with E-state index in [1.807, 2.05) is 35.2 Å². The van der Waals surface area contributed by atoms with Crippen molar-refractivity contribution in [1.29, 1.82) is 0 Å². The second-order valence-corrected chi connectivity index (χ2v) is 9.70. The molecular weight excluding hydrogens is 434 g/mol. The number of benzene rings is 3. The van der Waals surface area contributed by atoms with Gasteiger partial charge in [-0.3, -0.25) is 4.79 Å². The van der Waals surface area contributed by atoms with Crippen molar-refractivity contribution in [2.24, 2.45) is 0 Å². The molecule has 2 aliphatic heterocycles. The smallest absolute Gasteiger partial charge is 0.230 e. The van der Waals surface area contributed by atoms with E-state index in [1.54, 1.807) is 11.8 Å². The number of rotatable bonds is 6. The van der Waals surface area contributed by atoms with E-state index in [4.69, 9.17) is 4.74 Å². The van der Waals surface area contributed by atoms with Gasteiger partial charge in [-0.2, -0.15) is 0 Å². The molecule has 5 nitrogen and oxygen atoms in total. The number of carbonyl (C=O) groups is 1. The van der Waals surface area contributed by atoms with Crippen LogP contribution in [0.3, 0.4) is 0 Å². The number of aliphatic hydroxyl groups excluding tert-OH is 2. The van der Waals surface area contributed by atoms with Crippen LogP contribution in [0.15, 0.2) is 83.8 Å². The van der Waals surface area contributed by atoms with Crippen LogP contribution in [0.5, 0.6) is 0 Å². The highest BCUT2D eigenvalue weighted by Gasteiger charge is 2.38. The van der Waals surface area contributed by atoms with Gasteiger partial charge in [0.2, 0.25) is 5.91 Å². The third kappa shape index (κ3) is 4.84. The molecule has 4 atom stereocenters. The predicted molar refractivity (Wildman–Crippen MR) is 130 cm³/mol. The lowest BCUT2D eigenvalue weighted by Crippen LogP contribution is -2.46. The molecule has 33 heavy (non-hydrogen) atoms. The maximum atomic E-state index is 12.2. The predicted octanol–water partition coefficient (Wildman–Crippen LogP) is 4.43. The summed E-state index contributed by atoms with van der Waals surface area (Å²) >= 11 is 1.69. The molecule has 2 aliphatic rings. The Morgan fingerprint density at radius 1 is 0.879 bits per heavy atom. The van der Waals surface area contributed by atoms with Crippen LogP contribution in [-0.2, 0) is 9.53 Å². The van der Waals surface area contributed by atoms with Gasteiger partial charge >= 0.3 is 0 Å². The molecule has 2 saturated heterocycles. The Hall–Kier alpha value is -2.64. The largest absolute Gasteiger partial charge is 0.390 e. The lowest BCUT2D eigenvalue weighted by molar-refractivity contribution is -0.124. The van der Waals surface area contributed by atoms with Crippen LogP contribution in [0.1, 0.15) is 24.4 Å². The zero-order chi connectivity index (χ0) is 22.8. The molecule has 0 radical (unpaired) electrons. The summed E-state index contributed by atoms with van der Waals surface area (Å²) in [5.41, 5.74) is 4.37. The number of nitrogens with zero attached hydrogens (tertiary/aromatic N) is 1. The van der Waals surface area contributed by atoms with Crippen LogP contribution in [0.2, 0.25) is 0 Å². The Kier molecular flexibility index (Phi) is 6.51. The second kappa shape index (κ2) is 9.69. The standard InChI is InChI=1S/C27H27NO4S/c29-25-14-22(32-16-26(25)30)17-33-23-12-10-19(11-13-23)18-6-8-20(9-7-18)24-15-27(31)28(24)21-4-2-1-3-5-21/h1-13,22,24-26,29-30H,14-17H2/t22?,24?,25?,26-/m1/s1. The van der Waals surface area contributed by atoms with Crippen molar-refractivity contribution in [3.8, 4) is 11.1 Å². The minimum absolute atomic E-state index is 0.0468. The van der Waals surface area contributed by atoms with E-state index in [9.17, 15) is 15.0 Å². The van der Waals surface area contributed by atoms with Gasteiger partial charge in [-0.05, 0) is 41.0 Å². The Morgan fingerprint density at radius 2 is 1.55 bits per heavy atom. The summed E-state index contributed by atoms with van der Waals surface area (Å²) in [6.45, 7) is 0.194. The van der Waals surface area contributed by atoms with E-state index in [0.717, 1.165) is 33.0 Å². The highest BCUT2D eigenvalue weighted by atomic mass is 32.2. The number of hydrogen-bond acceptors (Lipinski definition) is 5. The number of para-hydroxylation sites is 1. The quantitative estimate of drug-likeness (QED) is 0.420. The average molecular weight is 462 g/mol. The molecule has 0 saturated carbocycles. The molecule has 0 aromatic heterocycles. The summed E-state index contributed by atoms with van der Waals surface area (Å²) in [7, 11) is 0. The summed E-state index contributed by atoms with van der Waals surface area (Å²) < 4.78 is 5.61. The monoisotopic (exact) mass is 461 g/mol. The Bertz CT molecular complexity index is 1090. The Labute approximate surface area is 198 Å². The van der Waals surface area contributed by atoms with E-state index in [0.29, 0.717) is 12.8 Å². The molecule has 3 aromatic rings. The summed E-state index contributed by atoms with van der Waals surface area (Å²) in [6, 6.07) is 26.8. The number of amides is 1. The first-order valence-corrected chi connectivity index (χ1v) is 12.2. The lowest BCUT2D eigenvalue weighted by atomic mass is 9.91. The summed E-state index contributed by atoms with van der Waals surface area (Å²) in [5, 5.41) is 19.4. The number of β-lactam (4-membered cyclic amide) rings is 1. The van der Waals surface area contributed by atoms with Gasteiger partial charge < -0.3 is 19.8 Å². The highest BCUT2D eigenvalue weighted by Crippen LogP contribution is 2.39. The summed E-state index contributed by atoms with van der Waals surface area (Å²) in [4.78, 5) is 15.2. The number of ether oxygens (including phenoxy) is 1. The first kappa shape index (κ1) is 22.2. The van der Waals surface area contributed by atoms with Crippen LogP contribution in [0, 0.1) is 0 Å². The van der Waals surface area contributed by atoms with Crippen molar-refractivity contribution in [2.45, 2.75) is 42.1 Å². The van der Waals surface area contributed by atoms with Gasteiger partial charge in [0, 0.05) is 22.8 Å². The third-order valence-electron chi connectivity index (χ3n) is 6.35. The number of hydrogen-bond donors (Lipinski definition) is 2. The van der Waals surface area contributed by atoms with Crippen molar-refractivity contribution in [3.63, 3.8) is 0 Å². The van der Waals surface area contributed by atoms with E-state index < -0.39 is 12.2 Å². The topological polar surface area (TPSA) is 70.0 Å². The van der Waals surface area contributed by atoms with Gasteiger partial charge in [-0.25, -0.2) is 0 Å². The van der Waals surface area contributed by atoms with Gasteiger partial charge in [0.25, 0.3) is 0 Å². The molecule has 2 N–H and O–H groups in total. The number of thioether (sulfide) groups is 1. The normalized spacial score (nSPS) is 25.0. The molecular formula is C27H27NO4S. The fourth-order valence-electron chi connectivity index (χ4n) is 4.38. The maximum absolute atomic E-state index is 12.2. The van der Waals surface area contributed by atoms with E-state index in [-0.39, 0.29) is 24.7 Å². The molecule has 3 aromatic carbocycles. The zero-order valence-electron chi connectivity index (χ0n) is 18.2. The molecule has 2 fully saturated rings. The maximum Gasteiger partial charge on any atom is 0.230 e. The van der Waals surface area contributed by atoms with Crippen molar-refractivity contribution < 1.29 is 19.7 Å². The van der Waals surface area contributed by atoms with E-state index in [2.05, 4.69) is 48.5 Å². The molecule has 0 bridgehead atoms. The van der Waals surface area contributed by atoms with Crippen molar-refractivity contribution in [3.05, 3.63) is 84.4 Å². The number of aliphatic hydroxyl groups is 2. The zero-order valence-corrected chi connectivity index (χ0v) is 19.0. The molecule has 5 rings (SSSR count). The summed E-state index contributed by atoms with van der Waals surface area (Å²) in [5.74, 6) is 0.906. The van der Waals surface area contributed by atoms with E-state index in [1.165, 1.54) is 0 Å². The number of carbonyl (C=O) groups excluding carboxylic acids is 1. The number of anilines is 1. The fourth-order valence-corrected chi connectivity index (χ4v) is 5.32. The van der Waals surface area contributed by atoms with Crippen molar-refractivity contribution in [2.75, 3.05) is 17.3 Å². The molecule has 170 valence electrons.